The lowest BCUT2D eigenvalue weighted by molar-refractivity contribution is -0.163. The van der Waals surface area contributed by atoms with E-state index in [9.17, 15) is 24.3 Å². The smallest absolute Gasteiger partial charge is 0.309 e. The number of hydrogen-bond donors (Lipinski definition) is 1. The fourth-order valence-electron chi connectivity index (χ4n) is 8.76. The van der Waals surface area contributed by atoms with E-state index in [0.717, 1.165) is 0 Å². The Hall–Kier alpha value is -5.01. The van der Waals surface area contributed by atoms with E-state index in [1.165, 1.54) is 37.7 Å². The summed E-state index contributed by atoms with van der Waals surface area (Å²) in [6.45, 7) is 12.8. The molecule has 18 heteroatoms. The highest BCUT2D eigenvalue weighted by Gasteiger charge is 2.36. The van der Waals surface area contributed by atoms with Crippen LogP contribution in [0.1, 0.15) is 111 Å². The van der Waals surface area contributed by atoms with E-state index >= 15 is 0 Å². The third-order valence-corrected chi connectivity index (χ3v) is 12.9. The van der Waals surface area contributed by atoms with Gasteiger partial charge in [0.25, 0.3) is 0 Å². The van der Waals surface area contributed by atoms with Crippen LogP contribution in [0.25, 0.3) is 29.2 Å². The van der Waals surface area contributed by atoms with Gasteiger partial charge in [-0.1, -0.05) is 53.7 Å². The quantitative estimate of drug-likeness (QED) is 0.101. The first-order chi connectivity index (χ1) is 31.9. The number of amides is 1. The second-order valence-electron chi connectivity index (χ2n) is 18.0. The fourth-order valence-corrected chi connectivity index (χ4v) is 8.76. The van der Waals surface area contributed by atoms with E-state index in [-0.39, 0.29) is 72.8 Å². The number of methoxy groups -OCH3 is 4. The van der Waals surface area contributed by atoms with Crippen LogP contribution in [0, 0.1) is 35.5 Å². The number of carbonyl (C=O) groups is 4. The predicted molar refractivity (Wildman–Crippen MR) is 245 cm³/mol. The number of ketones is 1. The Balaban J connectivity index is 1.60. The molecule has 1 amide bonds. The molecule has 0 radical (unpaired) electrons. The molecule has 6 bridgehead atoms. The van der Waals surface area contributed by atoms with Gasteiger partial charge >= 0.3 is 11.9 Å². The third-order valence-electron chi connectivity index (χ3n) is 12.9. The molecule has 0 saturated carbocycles. The average Bonchev–Trinajstić information content (AvgIpc) is 4.09. The van der Waals surface area contributed by atoms with Crippen LogP contribution in [-0.4, -0.2) is 121 Å². The van der Waals surface area contributed by atoms with Crippen molar-refractivity contribution in [3.05, 3.63) is 48.7 Å². The van der Waals surface area contributed by atoms with Crippen molar-refractivity contribution < 1.29 is 66.0 Å². The molecule has 0 saturated heterocycles. The van der Waals surface area contributed by atoms with Crippen molar-refractivity contribution in [1.82, 2.24) is 19.9 Å². The summed E-state index contributed by atoms with van der Waals surface area (Å²) in [6.07, 6.45) is 9.40. The molecular weight excluding hydrogens is 869 g/mol. The van der Waals surface area contributed by atoms with Gasteiger partial charge in [-0.05, 0) is 43.6 Å². The fraction of sp³-hybridized carbons (Fsp3) is 0.653. The molecule has 18 nitrogen and oxygen atoms in total. The van der Waals surface area contributed by atoms with Gasteiger partial charge in [-0.2, -0.15) is 0 Å². The molecule has 4 rings (SSSR count). The van der Waals surface area contributed by atoms with E-state index in [1.54, 1.807) is 40.7 Å². The monoisotopic (exact) mass is 941 g/mol. The number of oxazole rings is 3. The van der Waals surface area contributed by atoms with Crippen molar-refractivity contribution in [2.45, 2.75) is 136 Å². The first-order valence-electron chi connectivity index (χ1n) is 23.0. The number of aromatic nitrogens is 3. The van der Waals surface area contributed by atoms with Crippen molar-refractivity contribution in [3.63, 3.8) is 0 Å². The molecule has 1 aliphatic heterocycles. The summed E-state index contributed by atoms with van der Waals surface area (Å²) < 4.78 is 52.8. The Morgan fingerprint density at radius 1 is 0.925 bits per heavy atom. The van der Waals surface area contributed by atoms with Gasteiger partial charge in [0.15, 0.2) is 11.4 Å². The van der Waals surface area contributed by atoms with Gasteiger partial charge in [0.05, 0.1) is 30.8 Å². The van der Waals surface area contributed by atoms with Crippen molar-refractivity contribution in [3.8, 4) is 23.2 Å². The van der Waals surface area contributed by atoms with E-state index in [4.69, 9.17) is 41.7 Å². The van der Waals surface area contributed by atoms with Crippen molar-refractivity contribution in [2.24, 2.45) is 35.5 Å². The van der Waals surface area contributed by atoms with Crippen LogP contribution in [-0.2, 0) is 47.6 Å². The predicted octanol–water partition coefficient (Wildman–Crippen LogP) is 7.67. The topological polar surface area (TPSA) is 225 Å². The number of hydrogen-bond acceptors (Lipinski definition) is 17. The van der Waals surface area contributed by atoms with Crippen LogP contribution >= 0.6 is 0 Å². The van der Waals surface area contributed by atoms with Gasteiger partial charge in [-0.25, -0.2) is 15.0 Å². The third kappa shape index (κ3) is 15.8. The van der Waals surface area contributed by atoms with Gasteiger partial charge in [0, 0.05) is 85.1 Å². The largest absolute Gasteiger partial charge is 0.462 e. The maximum Gasteiger partial charge on any atom is 0.309 e. The average molecular weight is 941 g/mol. The molecule has 1 aliphatic rings. The first kappa shape index (κ1) is 54.6. The van der Waals surface area contributed by atoms with Crippen LogP contribution in [0.3, 0.4) is 0 Å². The van der Waals surface area contributed by atoms with Crippen molar-refractivity contribution in [1.29, 1.82) is 0 Å². The molecule has 372 valence electrons. The SMILES string of the molecule is COC(CC1OC(=O)CC(OC(C)=O)CC(C)CC(O)C(C)C(OC)c2coc(n2)-c2coc(n2)-c2coc(n2)C=CCC(OC)C1C)C(C)CCC(=O)C(C)C(OC)C(C)C=CN(C)C=O. The maximum atomic E-state index is 14.0. The number of cyclic esters (lactones) is 1. The summed E-state index contributed by atoms with van der Waals surface area (Å²) >= 11 is 0. The molecule has 0 spiro atoms. The minimum atomic E-state index is -0.876. The van der Waals surface area contributed by atoms with Crippen LogP contribution in [0.5, 0.6) is 0 Å². The number of fused-ring (bicyclic) bond motifs is 8. The molecule has 1 N–H and O–H groups in total. The number of aliphatic hydroxyl groups excluding tert-OH is 1. The van der Waals surface area contributed by atoms with Crippen molar-refractivity contribution in [2.75, 3.05) is 35.5 Å². The highest BCUT2D eigenvalue weighted by atomic mass is 16.6. The molecule has 13 atom stereocenters. The summed E-state index contributed by atoms with van der Waals surface area (Å²) in [4.78, 5) is 66.1. The lowest BCUT2D eigenvalue weighted by Gasteiger charge is -2.34. The van der Waals surface area contributed by atoms with E-state index in [2.05, 4.69) is 15.0 Å². The van der Waals surface area contributed by atoms with Crippen LogP contribution in [0.2, 0.25) is 0 Å². The van der Waals surface area contributed by atoms with Crippen LogP contribution in [0.15, 0.2) is 50.4 Å². The number of rotatable bonds is 17. The number of carbonyl (C=O) groups excluding carboxylic acids is 4. The number of nitrogens with zero attached hydrogens (tertiary/aromatic N) is 4. The minimum absolute atomic E-state index is 0.0296. The number of esters is 2. The molecule has 13 unspecified atom stereocenters. The van der Waals surface area contributed by atoms with Crippen molar-refractivity contribution >= 4 is 30.2 Å². The zero-order valence-corrected chi connectivity index (χ0v) is 41.1. The minimum Gasteiger partial charge on any atom is -0.462 e. The van der Waals surface area contributed by atoms with E-state index in [1.807, 2.05) is 53.7 Å². The summed E-state index contributed by atoms with van der Waals surface area (Å²) in [5.74, 6) is -2.16. The molecule has 67 heavy (non-hydrogen) atoms. The highest BCUT2D eigenvalue weighted by molar-refractivity contribution is 5.81. The second-order valence-corrected chi connectivity index (χ2v) is 18.0. The van der Waals surface area contributed by atoms with E-state index in [0.29, 0.717) is 42.8 Å². The molecule has 3 aromatic rings. The number of Topliss-reactive ketones (excluding diaryl/α,β-unsaturated/α-hetero) is 1. The van der Waals surface area contributed by atoms with Crippen LogP contribution < -0.4 is 0 Å². The van der Waals surface area contributed by atoms with Crippen LogP contribution in [0.4, 0.5) is 0 Å². The molecule has 3 aromatic heterocycles. The normalized spacial score (nSPS) is 25.8. The lowest BCUT2D eigenvalue weighted by Crippen LogP contribution is -2.39. The van der Waals surface area contributed by atoms with Gasteiger partial charge in [0.1, 0.15) is 48.6 Å². The maximum absolute atomic E-state index is 14.0. The summed E-state index contributed by atoms with van der Waals surface area (Å²) in [7, 11) is 7.91. The van der Waals surface area contributed by atoms with E-state index < -0.39 is 66.5 Å². The Morgan fingerprint density at radius 3 is 2.27 bits per heavy atom. The molecular formula is C49H72N4O14. The Labute approximate surface area is 394 Å². The Bertz CT molecular complexity index is 2060. The van der Waals surface area contributed by atoms with Gasteiger partial charge in [0.2, 0.25) is 24.1 Å². The molecule has 0 aliphatic carbocycles. The summed E-state index contributed by atoms with van der Waals surface area (Å²) in [6, 6.07) is 0. The standard InChI is InChI=1S/C49H72N4O14/c1-28-20-35(66-34(7)55)22-45(58)67-43(23-42(60-10)29(2)16-17-39(56)31(4)46(61-11)30(3)18-19-53(8)27-54)33(6)41(59-9)14-13-15-44-50-37(25-63-44)48-52-38(26-65-48)49-51-36(24-64-49)47(62-12)32(5)40(57)21-28/h13,15,18-19,24-33,35,40-43,46-47,57H,14,16-17,20-23H2,1-12H3. The number of aliphatic hydroxyl groups is 1. The lowest BCUT2D eigenvalue weighted by atomic mass is 9.84. The number of ether oxygens (including phenoxy) is 6. The highest BCUT2D eigenvalue weighted by Crippen LogP contribution is 2.34. The van der Waals surface area contributed by atoms with Gasteiger partial charge in [-0.15, -0.1) is 0 Å². The Morgan fingerprint density at radius 2 is 1.61 bits per heavy atom. The summed E-state index contributed by atoms with van der Waals surface area (Å²) in [5.41, 5.74) is 1.12. The second kappa shape index (κ2) is 26.5. The first-order valence-corrected chi connectivity index (χ1v) is 23.0. The molecule has 4 heterocycles. The van der Waals surface area contributed by atoms with Gasteiger partial charge < -0.3 is 51.7 Å². The zero-order chi connectivity index (χ0) is 49.4. The summed E-state index contributed by atoms with van der Waals surface area (Å²) in [5, 5.41) is 11.5. The molecule has 0 aromatic carbocycles. The molecule has 0 fully saturated rings. The zero-order valence-electron chi connectivity index (χ0n) is 41.1. The van der Waals surface area contributed by atoms with Gasteiger partial charge in [-0.3, -0.25) is 19.2 Å². The Kier molecular flexibility index (Phi) is 21.6.